The van der Waals surface area contributed by atoms with E-state index in [1.807, 2.05) is 11.8 Å². The first kappa shape index (κ1) is 13.5. The molecule has 16 heavy (non-hydrogen) atoms. The van der Waals surface area contributed by atoms with Crippen molar-refractivity contribution >= 4 is 5.91 Å². The number of carbonyl (C=O) groups excluding carboxylic acids is 1. The Labute approximate surface area is 98.0 Å². The third-order valence-corrected chi connectivity index (χ3v) is 3.18. The van der Waals surface area contributed by atoms with Crippen LogP contribution < -0.4 is 5.32 Å². The topological polar surface area (TPSA) is 52.6 Å². The zero-order chi connectivity index (χ0) is 11.8. The van der Waals surface area contributed by atoms with Crippen molar-refractivity contribution in [2.45, 2.75) is 32.6 Å². The fourth-order valence-corrected chi connectivity index (χ4v) is 2.20. The molecule has 1 amide bonds. The maximum atomic E-state index is 12.0. The number of hydrogen-bond donors (Lipinski definition) is 2. The first-order chi connectivity index (χ1) is 7.77. The smallest absolute Gasteiger partial charge is 0.222 e. The molecule has 1 atom stereocenters. The van der Waals surface area contributed by atoms with Gasteiger partial charge in [-0.05, 0) is 45.2 Å². The van der Waals surface area contributed by atoms with Crippen LogP contribution in [0.25, 0.3) is 0 Å². The molecule has 0 aliphatic carbocycles. The van der Waals surface area contributed by atoms with Gasteiger partial charge in [0.1, 0.15) is 0 Å². The molecule has 1 saturated heterocycles. The van der Waals surface area contributed by atoms with Crippen molar-refractivity contribution in [2.24, 2.45) is 5.92 Å². The number of aliphatic hydroxyl groups excluding tert-OH is 1. The van der Waals surface area contributed by atoms with Gasteiger partial charge >= 0.3 is 0 Å². The summed E-state index contributed by atoms with van der Waals surface area (Å²) in [5.74, 6) is 0.745. The number of nitrogens with zero attached hydrogens (tertiary/aromatic N) is 1. The first-order valence-corrected chi connectivity index (χ1v) is 6.37. The quantitative estimate of drug-likeness (QED) is 0.700. The van der Waals surface area contributed by atoms with E-state index in [0.29, 0.717) is 25.3 Å². The molecule has 1 aliphatic rings. The lowest BCUT2D eigenvalue weighted by Gasteiger charge is -2.26. The van der Waals surface area contributed by atoms with Crippen LogP contribution in [0, 0.1) is 5.92 Å². The molecule has 2 N–H and O–H groups in total. The molecule has 0 aromatic rings. The predicted octanol–water partition coefficient (Wildman–Crippen LogP) is 0.607. The summed E-state index contributed by atoms with van der Waals surface area (Å²) in [6, 6.07) is 0. The fraction of sp³-hybridized carbons (Fsp3) is 0.917. The second-order valence-electron chi connectivity index (χ2n) is 4.47. The van der Waals surface area contributed by atoms with Crippen LogP contribution >= 0.6 is 0 Å². The summed E-state index contributed by atoms with van der Waals surface area (Å²) >= 11 is 0. The van der Waals surface area contributed by atoms with E-state index in [1.54, 1.807) is 0 Å². The molecular formula is C12H24N2O2. The monoisotopic (exact) mass is 228 g/mol. The van der Waals surface area contributed by atoms with Gasteiger partial charge in [-0.25, -0.2) is 0 Å². The van der Waals surface area contributed by atoms with Crippen molar-refractivity contribution < 1.29 is 9.90 Å². The van der Waals surface area contributed by atoms with Gasteiger partial charge in [-0.1, -0.05) is 0 Å². The molecule has 0 saturated carbocycles. The van der Waals surface area contributed by atoms with Gasteiger partial charge in [0.2, 0.25) is 5.91 Å². The van der Waals surface area contributed by atoms with Crippen molar-refractivity contribution in [3.8, 4) is 0 Å². The Bertz CT molecular complexity index is 203. The third kappa shape index (κ3) is 4.49. The van der Waals surface area contributed by atoms with Gasteiger partial charge in [0.05, 0.1) is 0 Å². The van der Waals surface area contributed by atoms with E-state index in [2.05, 4.69) is 5.32 Å². The second kappa shape index (κ2) is 7.63. The van der Waals surface area contributed by atoms with Gasteiger partial charge < -0.3 is 15.3 Å². The summed E-state index contributed by atoms with van der Waals surface area (Å²) < 4.78 is 0. The Morgan fingerprint density at radius 1 is 1.56 bits per heavy atom. The molecule has 1 unspecified atom stereocenters. The molecular weight excluding hydrogens is 204 g/mol. The summed E-state index contributed by atoms with van der Waals surface area (Å²) in [7, 11) is 0. The SMILES string of the molecule is CCN(CCCO)C(=O)CC1CCCNC1. The summed E-state index contributed by atoms with van der Waals surface area (Å²) in [5.41, 5.74) is 0. The lowest BCUT2D eigenvalue weighted by Crippen LogP contribution is -2.37. The van der Waals surface area contributed by atoms with Gasteiger partial charge in [0, 0.05) is 26.1 Å². The molecule has 4 heteroatoms. The number of piperidine rings is 1. The van der Waals surface area contributed by atoms with E-state index in [-0.39, 0.29) is 12.5 Å². The second-order valence-corrected chi connectivity index (χ2v) is 4.47. The summed E-state index contributed by atoms with van der Waals surface area (Å²) in [6.07, 6.45) is 3.69. The highest BCUT2D eigenvalue weighted by atomic mass is 16.3. The molecule has 1 heterocycles. The number of aliphatic hydroxyl groups is 1. The number of amides is 1. The Morgan fingerprint density at radius 3 is 2.94 bits per heavy atom. The third-order valence-electron chi connectivity index (χ3n) is 3.18. The molecule has 1 rings (SSSR count). The molecule has 0 bridgehead atoms. The lowest BCUT2D eigenvalue weighted by molar-refractivity contribution is -0.132. The van der Waals surface area contributed by atoms with E-state index in [0.717, 1.165) is 26.1 Å². The van der Waals surface area contributed by atoms with Gasteiger partial charge in [0.15, 0.2) is 0 Å². The van der Waals surface area contributed by atoms with Crippen molar-refractivity contribution in [1.29, 1.82) is 0 Å². The van der Waals surface area contributed by atoms with E-state index in [4.69, 9.17) is 5.11 Å². The molecule has 94 valence electrons. The number of hydrogen-bond acceptors (Lipinski definition) is 3. The van der Waals surface area contributed by atoms with Gasteiger partial charge in [0.25, 0.3) is 0 Å². The zero-order valence-electron chi connectivity index (χ0n) is 10.2. The van der Waals surface area contributed by atoms with E-state index < -0.39 is 0 Å². The van der Waals surface area contributed by atoms with Crippen molar-refractivity contribution in [1.82, 2.24) is 10.2 Å². The van der Waals surface area contributed by atoms with Crippen molar-refractivity contribution in [3.63, 3.8) is 0 Å². The van der Waals surface area contributed by atoms with Gasteiger partial charge in [-0.3, -0.25) is 4.79 Å². The molecule has 0 spiro atoms. The Hall–Kier alpha value is -0.610. The molecule has 0 aromatic heterocycles. The standard InChI is InChI=1S/C12H24N2O2/c1-2-14(7-4-8-15)12(16)9-11-5-3-6-13-10-11/h11,13,15H,2-10H2,1H3. The predicted molar refractivity (Wildman–Crippen MR) is 64.2 cm³/mol. The minimum absolute atomic E-state index is 0.161. The van der Waals surface area contributed by atoms with Crippen LogP contribution in [0.1, 0.15) is 32.6 Å². The van der Waals surface area contributed by atoms with Crippen molar-refractivity contribution in [2.75, 3.05) is 32.8 Å². The highest BCUT2D eigenvalue weighted by Crippen LogP contribution is 2.15. The summed E-state index contributed by atoms with van der Waals surface area (Å²) in [6.45, 7) is 5.66. The molecule has 4 nitrogen and oxygen atoms in total. The average molecular weight is 228 g/mol. The maximum absolute atomic E-state index is 12.0. The number of carbonyl (C=O) groups is 1. The first-order valence-electron chi connectivity index (χ1n) is 6.37. The van der Waals surface area contributed by atoms with Crippen molar-refractivity contribution in [3.05, 3.63) is 0 Å². The zero-order valence-corrected chi connectivity index (χ0v) is 10.2. The average Bonchev–Trinajstić information content (AvgIpc) is 2.31. The molecule has 0 aromatic carbocycles. The largest absolute Gasteiger partial charge is 0.396 e. The minimum Gasteiger partial charge on any atom is -0.396 e. The summed E-state index contributed by atoms with van der Waals surface area (Å²) in [5, 5.41) is 12.1. The van der Waals surface area contributed by atoms with Crippen LogP contribution in [0.3, 0.4) is 0 Å². The summed E-state index contributed by atoms with van der Waals surface area (Å²) in [4.78, 5) is 13.8. The van der Waals surface area contributed by atoms with Crippen LogP contribution in [-0.2, 0) is 4.79 Å². The van der Waals surface area contributed by atoms with Crippen LogP contribution in [0.2, 0.25) is 0 Å². The lowest BCUT2D eigenvalue weighted by atomic mass is 9.95. The van der Waals surface area contributed by atoms with Crippen LogP contribution in [0.5, 0.6) is 0 Å². The molecule has 0 radical (unpaired) electrons. The van der Waals surface area contributed by atoms with Crippen LogP contribution in [-0.4, -0.2) is 48.7 Å². The van der Waals surface area contributed by atoms with Crippen LogP contribution in [0.15, 0.2) is 0 Å². The van der Waals surface area contributed by atoms with E-state index in [1.165, 1.54) is 6.42 Å². The van der Waals surface area contributed by atoms with E-state index in [9.17, 15) is 4.79 Å². The number of rotatable bonds is 6. The Kier molecular flexibility index (Phi) is 6.42. The normalized spacial score (nSPS) is 20.8. The Balaban J connectivity index is 2.29. The van der Waals surface area contributed by atoms with Crippen LogP contribution in [0.4, 0.5) is 0 Å². The van der Waals surface area contributed by atoms with Gasteiger partial charge in [-0.15, -0.1) is 0 Å². The number of nitrogens with one attached hydrogen (secondary N) is 1. The highest BCUT2D eigenvalue weighted by Gasteiger charge is 2.19. The Morgan fingerprint density at radius 2 is 2.38 bits per heavy atom. The van der Waals surface area contributed by atoms with E-state index >= 15 is 0 Å². The molecule has 1 fully saturated rings. The fourth-order valence-electron chi connectivity index (χ4n) is 2.20. The molecule has 1 aliphatic heterocycles. The highest BCUT2D eigenvalue weighted by molar-refractivity contribution is 5.76. The van der Waals surface area contributed by atoms with Gasteiger partial charge in [-0.2, -0.15) is 0 Å². The minimum atomic E-state index is 0.161. The maximum Gasteiger partial charge on any atom is 0.222 e.